The van der Waals surface area contributed by atoms with E-state index in [1.54, 1.807) is 0 Å². The zero-order valence-electron chi connectivity index (χ0n) is 17.6. The lowest BCUT2D eigenvalue weighted by atomic mass is 9.96. The van der Waals surface area contributed by atoms with Crippen molar-refractivity contribution in [3.63, 3.8) is 0 Å². The van der Waals surface area contributed by atoms with Crippen molar-refractivity contribution in [3.8, 4) is 5.69 Å². The predicted octanol–water partition coefficient (Wildman–Crippen LogP) is 6.02. The third-order valence-corrected chi connectivity index (χ3v) is 6.65. The van der Waals surface area contributed by atoms with Gasteiger partial charge in [0.25, 0.3) is 0 Å². The summed E-state index contributed by atoms with van der Waals surface area (Å²) < 4.78 is 3.41. The van der Waals surface area contributed by atoms with Crippen molar-refractivity contribution in [2.24, 2.45) is 0 Å². The van der Waals surface area contributed by atoms with E-state index in [1.807, 2.05) is 18.3 Å². The van der Waals surface area contributed by atoms with Crippen molar-refractivity contribution >= 4 is 33.3 Å². The number of aryl methyl sites for hydroxylation is 1. The van der Waals surface area contributed by atoms with Crippen LogP contribution in [-0.2, 0) is 0 Å². The molecule has 4 nitrogen and oxygen atoms in total. The van der Waals surface area contributed by atoms with Gasteiger partial charge < -0.3 is 14.8 Å². The zero-order chi connectivity index (χ0) is 21.3. The number of nitrogens with zero attached hydrogens (tertiary/aromatic N) is 3. The third kappa shape index (κ3) is 3.91. The van der Waals surface area contributed by atoms with E-state index in [-0.39, 0.29) is 12.1 Å². The normalized spacial score (nSPS) is 18.7. The van der Waals surface area contributed by atoms with E-state index < -0.39 is 0 Å². The van der Waals surface area contributed by atoms with Gasteiger partial charge >= 0.3 is 0 Å². The highest BCUT2D eigenvalue weighted by atomic mass is 79.9. The summed E-state index contributed by atoms with van der Waals surface area (Å²) >= 11 is 9.39. The van der Waals surface area contributed by atoms with Crippen LogP contribution in [0.1, 0.15) is 54.5 Å². The number of rotatable bonds is 6. The van der Waals surface area contributed by atoms with Crippen LogP contribution in [0, 0.1) is 13.8 Å². The Hall–Kier alpha value is -2.18. The van der Waals surface area contributed by atoms with Crippen molar-refractivity contribution < 1.29 is 0 Å². The Morgan fingerprint density at radius 1 is 1.13 bits per heavy atom. The first-order chi connectivity index (χ1) is 14.5. The molecule has 1 aliphatic heterocycles. The molecule has 6 heteroatoms. The standard InChI is InChI=1S/C24H27BrN4S/c1-4-5-13-28-23(22(27-24(28)30)21-11-6-7-12-26-21)20-14-16(2)29(17(20)3)19-10-8-9-18(25)15-19/h6-12,14-15,22-23H,4-5,13H2,1-3H3,(H,27,30)/t22-,23-/m0/s1. The molecule has 0 saturated carbocycles. The molecule has 1 N–H and O–H groups in total. The lowest BCUT2D eigenvalue weighted by Gasteiger charge is -2.28. The summed E-state index contributed by atoms with van der Waals surface area (Å²) in [5.74, 6) is 0. The van der Waals surface area contributed by atoms with Crippen LogP contribution in [0.5, 0.6) is 0 Å². The number of benzene rings is 1. The molecule has 0 unspecified atom stereocenters. The van der Waals surface area contributed by atoms with Crippen LogP contribution < -0.4 is 5.32 Å². The summed E-state index contributed by atoms with van der Waals surface area (Å²) in [7, 11) is 0. The maximum absolute atomic E-state index is 5.78. The minimum absolute atomic E-state index is 0.0343. The van der Waals surface area contributed by atoms with Crippen LogP contribution in [0.2, 0.25) is 0 Å². The molecule has 2 atom stereocenters. The molecule has 3 heterocycles. The van der Waals surface area contributed by atoms with E-state index >= 15 is 0 Å². The summed E-state index contributed by atoms with van der Waals surface area (Å²) in [5, 5.41) is 4.38. The number of hydrogen-bond donors (Lipinski definition) is 1. The van der Waals surface area contributed by atoms with Crippen LogP contribution in [0.3, 0.4) is 0 Å². The number of unbranched alkanes of at least 4 members (excludes halogenated alkanes) is 1. The fourth-order valence-corrected chi connectivity index (χ4v) is 5.13. The SMILES string of the molecule is CCCCN1C(=S)N[C@@H](c2ccccn2)[C@@H]1c1cc(C)n(-c2cccc(Br)c2)c1C. The highest BCUT2D eigenvalue weighted by Gasteiger charge is 2.41. The number of pyridine rings is 1. The average Bonchev–Trinajstić information content (AvgIpc) is 3.22. The van der Waals surface area contributed by atoms with Crippen molar-refractivity contribution in [2.45, 2.75) is 45.7 Å². The molecule has 1 fully saturated rings. The molecule has 30 heavy (non-hydrogen) atoms. The van der Waals surface area contributed by atoms with Crippen LogP contribution in [0.25, 0.3) is 5.69 Å². The molecule has 0 bridgehead atoms. The van der Waals surface area contributed by atoms with E-state index in [4.69, 9.17) is 12.2 Å². The molecular weight excluding hydrogens is 456 g/mol. The topological polar surface area (TPSA) is 33.1 Å². The van der Waals surface area contributed by atoms with Gasteiger partial charge in [-0.1, -0.05) is 41.4 Å². The lowest BCUT2D eigenvalue weighted by molar-refractivity contribution is 0.312. The molecule has 1 aromatic carbocycles. The van der Waals surface area contributed by atoms with Gasteiger partial charge in [-0.05, 0) is 74.4 Å². The Kier molecular flexibility index (Phi) is 6.25. The largest absolute Gasteiger partial charge is 0.352 e. The van der Waals surface area contributed by atoms with Crippen LogP contribution in [0.15, 0.2) is 59.2 Å². The molecule has 3 aromatic rings. The third-order valence-electron chi connectivity index (χ3n) is 5.81. The second-order valence-electron chi connectivity index (χ2n) is 7.82. The highest BCUT2D eigenvalue weighted by molar-refractivity contribution is 9.10. The Bertz CT molecular complexity index is 1050. The van der Waals surface area contributed by atoms with Gasteiger partial charge in [-0.3, -0.25) is 4.98 Å². The Balaban J connectivity index is 1.82. The first-order valence-electron chi connectivity index (χ1n) is 10.4. The smallest absolute Gasteiger partial charge is 0.170 e. The number of thiocarbonyl (C=S) groups is 1. The van der Waals surface area contributed by atoms with Gasteiger partial charge in [0, 0.05) is 34.3 Å². The number of hydrogen-bond acceptors (Lipinski definition) is 2. The van der Waals surface area contributed by atoms with Crippen molar-refractivity contribution in [1.82, 2.24) is 19.8 Å². The van der Waals surface area contributed by atoms with Crippen LogP contribution in [0.4, 0.5) is 0 Å². The van der Waals surface area contributed by atoms with Gasteiger partial charge in [0.1, 0.15) is 0 Å². The van der Waals surface area contributed by atoms with Gasteiger partial charge in [0.15, 0.2) is 5.11 Å². The van der Waals surface area contributed by atoms with Crippen molar-refractivity contribution in [1.29, 1.82) is 0 Å². The Morgan fingerprint density at radius 2 is 1.97 bits per heavy atom. The summed E-state index contributed by atoms with van der Waals surface area (Å²) in [6, 6.07) is 17.0. The van der Waals surface area contributed by atoms with Crippen LogP contribution >= 0.6 is 28.1 Å². The van der Waals surface area contributed by atoms with E-state index in [0.717, 1.165) is 40.4 Å². The number of halogens is 1. The van der Waals surface area contributed by atoms with E-state index in [9.17, 15) is 0 Å². The Morgan fingerprint density at radius 3 is 2.67 bits per heavy atom. The molecule has 0 aliphatic carbocycles. The van der Waals surface area contributed by atoms with E-state index in [0.29, 0.717) is 0 Å². The van der Waals surface area contributed by atoms with Crippen molar-refractivity contribution in [3.05, 3.63) is 81.8 Å². The summed E-state index contributed by atoms with van der Waals surface area (Å²) in [6.45, 7) is 7.54. The summed E-state index contributed by atoms with van der Waals surface area (Å²) in [5.41, 5.74) is 5.94. The number of aromatic nitrogens is 2. The maximum atomic E-state index is 5.78. The number of nitrogens with one attached hydrogen (secondary N) is 1. The van der Waals surface area contributed by atoms with Gasteiger partial charge in [-0.2, -0.15) is 0 Å². The molecule has 1 saturated heterocycles. The van der Waals surface area contributed by atoms with Gasteiger partial charge in [0.05, 0.1) is 17.8 Å². The molecule has 1 aliphatic rings. The van der Waals surface area contributed by atoms with Crippen LogP contribution in [-0.4, -0.2) is 26.1 Å². The molecule has 4 rings (SSSR count). The minimum atomic E-state index is 0.0343. The monoisotopic (exact) mass is 482 g/mol. The fraction of sp³-hybridized carbons (Fsp3) is 0.333. The average molecular weight is 483 g/mol. The second-order valence-corrected chi connectivity index (χ2v) is 9.12. The van der Waals surface area contributed by atoms with Gasteiger partial charge in [-0.15, -0.1) is 0 Å². The molecule has 0 spiro atoms. The Labute approximate surface area is 192 Å². The molecule has 156 valence electrons. The quantitative estimate of drug-likeness (QED) is 0.435. The van der Waals surface area contributed by atoms with E-state index in [2.05, 4.69) is 92.9 Å². The van der Waals surface area contributed by atoms with E-state index in [1.165, 1.54) is 17.0 Å². The first kappa shape index (κ1) is 21.1. The zero-order valence-corrected chi connectivity index (χ0v) is 20.0. The summed E-state index contributed by atoms with van der Waals surface area (Å²) in [6.07, 6.45) is 4.10. The maximum Gasteiger partial charge on any atom is 0.170 e. The van der Waals surface area contributed by atoms with Crippen molar-refractivity contribution in [2.75, 3.05) is 6.54 Å². The lowest BCUT2D eigenvalue weighted by Crippen LogP contribution is -2.30. The van der Waals surface area contributed by atoms with Gasteiger partial charge in [-0.25, -0.2) is 0 Å². The predicted molar refractivity (Wildman–Crippen MR) is 130 cm³/mol. The minimum Gasteiger partial charge on any atom is -0.352 e. The molecule has 0 amide bonds. The molecule has 0 radical (unpaired) electrons. The molecule has 2 aromatic heterocycles. The fourth-order valence-electron chi connectivity index (χ4n) is 4.41. The molecular formula is C24H27BrN4S. The second kappa shape index (κ2) is 8.90. The summed E-state index contributed by atoms with van der Waals surface area (Å²) in [4.78, 5) is 7.00. The first-order valence-corrected chi connectivity index (χ1v) is 11.6. The highest BCUT2D eigenvalue weighted by Crippen LogP contribution is 2.41. The van der Waals surface area contributed by atoms with Gasteiger partial charge in [0.2, 0.25) is 0 Å².